The number of hydrogen-bond acceptors (Lipinski definition) is 3. The van der Waals surface area contributed by atoms with Gasteiger partial charge in [-0.3, -0.25) is 4.99 Å². The van der Waals surface area contributed by atoms with E-state index < -0.39 is 0 Å². The predicted octanol–water partition coefficient (Wildman–Crippen LogP) is 8.46. The molecule has 1 aromatic carbocycles. The number of halogens is 1. The first-order valence-electron chi connectivity index (χ1n) is 12.1. The van der Waals surface area contributed by atoms with Crippen LogP contribution < -0.4 is 5.32 Å². The van der Waals surface area contributed by atoms with E-state index in [2.05, 4.69) is 57.4 Å². The zero-order chi connectivity index (χ0) is 27.2. The van der Waals surface area contributed by atoms with E-state index in [0.717, 1.165) is 34.7 Å². The average molecular weight is 734 g/mol. The van der Waals surface area contributed by atoms with E-state index in [1.807, 2.05) is 48.6 Å². The monoisotopic (exact) mass is 729 g/mol. The molecule has 0 aliphatic rings. The van der Waals surface area contributed by atoms with Crippen LogP contribution in [0, 0.1) is 30.5 Å². The maximum absolute atomic E-state index is 14.3. The van der Waals surface area contributed by atoms with Crippen molar-refractivity contribution in [2.45, 2.75) is 93.2 Å². The average Bonchev–Trinajstić information content (AvgIpc) is 2.77. The van der Waals surface area contributed by atoms with E-state index in [-0.39, 0.29) is 22.4 Å². The molecule has 0 bridgehead atoms. The van der Waals surface area contributed by atoms with Gasteiger partial charge in [-0.2, -0.15) is 0 Å². The Morgan fingerprint density at radius 3 is 2.11 bits per heavy atom. The largest absolute Gasteiger partial charge is 0.785 e. The number of terminal acetylenes is 1. The summed E-state index contributed by atoms with van der Waals surface area (Å²) in [5.74, 6) is 2.19. The van der Waals surface area contributed by atoms with Gasteiger partial charge in [0.2, 0.25) is 0 Å². The second-order valence-corrected chi connectivity index (χ2v) is 9.88. The van der Waals surface area contributed by atoms with Crippen LogP contribution in [-0.4, -0.2) is 12.8 Å². The molecule has 1 unspecified atom stereocenters. The van der Waals surface area contributed by atoms with Crippen molar-refractivity contribution in [3.05, 3.63) is 65.1 Å². The van der Waals surface area contributed by atoms with Crippen LogP contribution in [0.25, 0.3) is 0 Å². The van der Waals surface area contributed by atoms with Gasteiger partial charge in [0.05, 0.1) is 5.56 Å². The molecule has 0 heterocycles. The Kier molecular flexibility index (Phi) is 18.2. The Morgan fingerprint density at radius 1 is 1.29 bits per heavy atom. The first-order chi connectivity index (χ1) is 15.8. The van der Waals surface area contributed by atoms with Crippen molar-refractivity contribution in [2.75, 3.05) is 7.05 Å². The molecule has 1 rings (SSSR count). The molecular formula is C30H47CmFN2S-2. The molecule has 1 N–H and O–H groups in total. The maximum atomic E-state index is 14.3. The number of nitrogens with zero attached hydrogens (tertiary/aromatic N) is 1. The van der Waals surface area contributed by atoms with Crippen molar-refractivity contribution in [2.24, 2.45) is 10.4 Å². The van der Waals surface area contributed by atoms with Gasteiger partial charge >= 0.3 is 0 Å². The van der Waals surface area contributed by atoms with Gasteiger partial charge < -0.3 is 24.9 Å². The molecule has 0 aliphatic heterocycles. The summed E-state index contributed by atoms with van der Waals surface area (Å²) in [4.78, 5) is 4.61. The van der Waals surface area contributed by atoms with Gasteiger partial charge in [-0.25, -0.2) is 4.39 Å². The quantitative estimate of drug-likeness (QED) is 0.100. The molecule has 35 heavy (non-hydrogen) atoms. The second-order valence-electron chi connectivity index (χ2n) is 9.17. The molecule has 0 aliphatic carbocycles. The topological polar surface area (TPSA) is 24.4 Å². The van der Waals surface area contributed by atoms with Crippen molar-refractivity contribution in [1.29, 1.82) is 0 Å². The van der Waals surface area contributed by atoms with E-state index in [1.165, 1.54) is 0 Å². The van der Waals surface area contributed by atoms with Crippen LogP contribution in [0.5, 0.6) is 0 Å². The van der Waals surface area contributed by atoms with E-state index in [1.54, 1.807) is 12.1 Å². The van der Waals surface area contributed by atoms with Crippen molar-refractivity contribution in [1.82, 2.24) is 5.32 Å². The number of hydrogen-bond donors (Lipinski definition) is 1. The summed E-state index contributed by atoms with van der Waals surface area (Å²) < 4.78 is 14.3. The summed E-state index contributed by atoms with van der Waals surface area (Å²) in [6.07, 6.45) is 8.48. The molecule has 0 aromatic heterocycles. The van der Waals surface area contributed by atoms with Gasteiger partial charge in [-0.15, -0.1) is 24.7 Å². The van der Waals surface area contributed by atoms with Crippen molar-refractivity contribution in [3.63, 3.8) is 0 Å². The second kappa shape index (κ2) is 17.4. The molecule has 0 fully saturated rings. The first-order valence-corrected chi connectivity index (χ1v) is 12.5. The van der Waals surface area contributed by atoms with Gasteiger partial charge in [0, 0.05) is 24.2 Å². The maximum Gasteiger partial charge on any atom is 0.142 e. The molecule has 5 heteroatoms. The molecule has 0 saturated heterocycles. The summed E-state index contributed by atoms with van der Waals surface area (Å²) in [5, 5.41) is 3.01. The summed E-state index contributed by atoms with van der Waals surface area (Å²) >= 11 is 5.32. The van der Waals surface area contributed by atoms with Crippen molar-refractivity contribution >= 4 is 18.3 Å². The summed E-state index contributed by atoms with van der Waals surface area (Å²) in [6, 6.07) is 1.71. The zero-order valence-corrected chi connectivity index (χ0v) is 27.6. The van der Waals surface area contributed by atoms with Crippen LogP contribution in [0.2, 0.25) is 0 Å². The van der Waals surface area contributed by atoms with Crippen LogP contribution in [0.3, 0.4) is 0 Å². The SMILES string of the molecule is C#Cc1cc(C(C)[S-])c(CC=C)c(C(C)C)c1F.CC.[CH2-]C/C(N=C(C)C(C)(C)C)=C(/C)NC.[Cm]. The van der Waals surface area contributed by atoms with Gasteiger partial charge in [0.15, 0.2) is 0 Å². The van der Waals surface area contributed by atoms with E-state index >= 15 is 0 Å². The summed E-state index contributed by atoms with van der Waals surface area (Å²) in [6.45, 7) is 28.1. The zero-order valence-electron chi connectivity index (χ0n) is 23.8. The van der Waals surface area contributed by atoms with Gasteiger partial charge in [0.25, 0.3) is 0 Å². The fourth-order valence-electron chi connectivity index (χ4n) is 3.02. The fourth-order valence-corrected chi connectivity index (χ4v) is 3.23. The number of aliphatic imine (C=N–C) groups is 1. The molecule has 1 atom stereocenters. The molecule has 0 saturated carbocycles. The Morgan fingerprint density at radius 2 is 1.80 bits per heavy atom. The van der Waals surface area contributed by atoms with Crippen LogP contribution in [0.15, 0.2) is 35.1 Å². The fraction of sp³-hybridized carbons (Fsp3) is 0.533. The third kappa shape index (κ3) is 11.3. The Bertz CT molecular complexity index is 885. The normalized spacial score (nSPS) is 12.6. The Hall–Kier alpha value is -2.99. The molecule has 1 aromatic rings. The molecule has 0 amide bonds. The standard InChI is InChI=1S/C16H19FS.C12H23N2.C2H6.Cm/c1-6-8-13-14(11(5)18)9-12(7-2)16(17)15(13)10(3)4;1-8-11(9(2)13-7)14-10(3)12(4,5)6;1-2;/h2,6,9-11,18H,1,8H2,3-5H3;13H,1,8H2,2-7H3;1-2H3;/q;-1;;/p-1/b;11-9+,14-10?;;. The molecule has 0 radical (unpaired) electrons. The van der Waals surface area contributed by atoms with Crippen LogP contribution in [0.4, 0.5) is 4.39 Å². The molecule has 2 nitrogen and oxygen atoms in total. The van der Waals surface area contributed by atoms with Gasteiger partial charge in [-0.1, -0.05) is 72.9 Å². The van der Waals surface area contributed by atoms with Gasteiger partial charge in [0.1, 0.15) is 5.82 Å². The summed E-state index contributed by atoms with van der Waals surface area (Å²) in [7, 11) is 1.91. The summed E-state index contributed by atoms with van der Waals surface area (Å²) in [5.41, 5.74) is 6.29. The van der Waals surface area contributed by atoms with Crippen molar-refractivity contribution < 1.29 is 4.39 Å². The molecule has 200 valence electrons. The van der Waals surface area contributed by atoms with Crippen molar-refractivity contribution in [3.8, 4) is 12.3 Å². The van der Waals surface area contributed by atoms with E-state index in [9.17, 15) is 4.39 Å². The first kappa shape index (κ1) is 36.6. The number of rotatable bonds is 7. The molecular weight excluding hydrogens is 686 g/mol. The smallest absolute Gasteiger partial charge is 0.142 e. The van der Waals surface area contributed by atoms with Crippen LogP contribution in [0.1, 0.15) is 109 Å². The minimum atomic E-state index is -0.288. The molecule has 0 spiro atoms. The number of nitrogens with one attached hydrogen (secondary N) is 1. The third-order valence-corrected chi connectivity index (χ3v) is 5.65. The number of allylic oxidation sites excluding steroid dienone is 3. The van der Waals surface area contributed by atoms with Crippen LogP contribution in [-0.2, 0) is 19.0 Å². The minimum Gasteiger partial charge on any atom is -0.785 e. The number of benzene rings is 1. The predicted molar refractivity (Wildman–Crippen MR) is 154 cm³/mol. The Labute approximate surface area is 216 Å². The minimum absolute atomic E-state index is 0. The Balaban J connectivity index is -0.000000547. The van der Waals surface area contributed by atoms with E-state index in [0.29, 0.717) is 17.5 Å². The van der Waals surface area contributed by atoms with Gasteiger partial charge in [-0.05, 0) is 48.8 Å². The van der Waals surface area contributed by atoms with Crippen LogP contribution >= 0.6 is 0 Å². The third-order valence-electron chi connectivity index (χ3n) is 5.40. The van der Waals surface area contributed by atoms with E-state index in [4.69, 9.17) is 19.1 Å².